The van der Waals surface area contributed by atoms with Gasteiger partial charge in [0, 0.05) is 18.0 Å². The van der Waals surface area contributed by atoms with Crippen LogP contribution in [-0.2, 0) is 9.53 Å². The van der Waals surface area contributed by atoms with Gasteiger partial charge in [0.25, 0.3) is 0 Å². The summed E-state index contributed by atoms with van der Waals surface area (Å²) in [5.41, 5.74) is 0.221. The van der Waals surface area contributed by atoms with E-state index in [1.54, 1.807) is 0 Å². The first-order valence-electron chi connectivity index (χ1n) is 10.1. The molecule has 0 spiro atoms. The summed E-state index contributed by atoms with van der Waals surface area (Å²) >= 11 is 0. The maximum Gasteiger partial charge on any atom is 0.305 e. The Morgan fingerprint density at radius 3 is 2.78 bits per heavy atom. The second-order valence-electron chi connectivity index (χ2n) is 7.67. The average Bonchev–Trinajstić information content (AvgIpc) is 2.57. The molecule has 2 aliphatic rings. The zero-order chi connectivity index (χ0) is 16.5. The number of hydrogen-bond donors (Lipinski definition) is 1. The lowest BCUT2D eigenvalue weighted by Crippen LogP contribution is -2.60. The fraction of sp³-hybridized carbons (Fsp3) is 0.950. The van der Waals surface area contributed by atoms with Crippen LogP contribution in [-0.4, -0.2) is 24.2 Å². The van der Waals surface area contributed by atoms with Gasteiger partial charge in [0.15, 0.2) is 0 Å². The Labute approximate surface area is 142 Å². The number of hydrogen-bond acceptors (Lipinski definition) is 3. The largest absolute Gasteiger partial charge is 0.466 e. The lowest BCUT2D eigenvalue weighted by molar-refractivity contribution is -0.144. The van der Waals surface area contributed by atoms with E-state index < -0.39 is 0 Å². The van der Waals surface area contributed by atoms with E-state index in [0.717, 1.165) is 12.3 Å². The molecule has 1 N–H and O–H groups in total. The molecule has 0 bridgehead atoms. The highest BCUT2D eigenvalue weighted by Gasteiger charge is 2.44. The first-order valence-corrected chi connectivity index (χ1v) is 10.1. The van der Waals surface area contributed by atoms with Gasteiger partial charge >= 0.3 is 5.97 Å². The predicted octanol–water partition coefficient (Wildman–Crippen LogP) is 4.98. The molecule has 0 aromatic carbocycles. The van der Waals surface area contributed by atoms with Crippen LogP contribution in [0.25, 0.3) is 0 Å². The molecule has 0 aromatic rings. The molecule has 2 fully saturated rings. The molecule has 23 heavy (non-hydrogen) atoms. The molecule has 3 atom stereocenters. The molecular formula is C20H37NO2. The summed E-state index contributed by atoms with van der Waals surface area (Å²) in [7, 11) is 0. The van der Waals surface area contributed by atoms with Crippen LogP contribution in [0.2, 0.25) is 0 Å². The molecule has 1 aliphatic heterocycles. The average molecular weight is 324 g/mol. The van der Waals surface area contributed by atoms with E-state index in [9.17, 15) is 4.79 Å². The van der Waals surface area contributed by atoms with Crippen LogP contribution in [0.4, 0.5) is 0 Å². The second kappa shape index (κ2) is 9.66. The predicted molar refractivity (Wildman–Crippen MR) is 95.5 cm³/mol. The van der Waals surface area contributed by atoms with Crippen LogP contribution in [0, 0.1) is 5.92 Å². The van der Waals surface area contributed by atoms with Gasteiger partial charge in [-0.15, -0.1) is 0 Å². The maximum absolute atomic E-state index is 11.8. The highest BCUT2D eigenvalue weighted by Crippen LogP contribution is 2.43. The van der Waals surface area contributed by atoms with Crippen LogP contribution in [0.15, 0.2) is 0 Å². The van der Waals surface area contributed by atoms with Crippen LogP contribution in [0.1, 0.15) is 97.3 Å². The summed E-state index contributed by atoms with van der Waals surface area (Å²) in [5, 5.41) is 4.04. The number of ether oxygens (including phenoxy) is 1. The molecule has 0 aromatic heterocycles. The Morgan fingerprint density at radius 2 is 2.00 bits per heavy atom. The van der Waals surface area contributed by atoms with Gasteiger partial charge in [-0.2, -0.15) is 0 Å². The lowest BCUT2D eigenvalue weighted by Gasteiger charge is -2.51. The number of nitrogens with one attached hydrogen (secondary N) is 1. The fourth-order valence-electron chi connectivity index (χ4n) is 4.80. The smallest absolute Gasteiger partial charge is 0.305 e. The molecule has 1 heterocycles. The molecule has 3 heteroatoms. The van der Waals surface area contributed by atoms with Crippen LogP contribution in [0.3, 0.4) is 0 Å². The zero-order valence-electron chi connectivity index (χ0n) is 15.4. The summed E-state index contributed by atoms with van der Waals surface area (Å²) < 4.78 is 5.16. The normalized spacial score (nSPS) is 30.7. The summed E-state index contributed by atoms with van der Waals surface area (Å²) in [6, 6.07) is 0.670. The third-order valence-electron chi connectivity index (χ3n) is 6.05. The number of esters is 1. The molecule has 1 saturated heterocycles. The van der Waals surface area contributed by atoms with Crippen molar-refractivity contribution in [3.8, 4) is 0 Å². The molecular weight excluding hydrogens is 286 g/mol. The van der Waals surface area contributed by atoms with Gasteiger partial charge in [-0.1, -0.05) is 45.4 Å². The van der Waals surface area contributed by atoms with Crippen molar-refractivity contribution in [3.63, 3.8) is 0 Å². The Kier molecular flexibility index (Phi) is 7.88. The molecule has 0 radical (unpaired) electrons. The molecule has 0 amide bonds. The number of carbonyl (C=O) groups is 1. The van der Waals surface area contributed by atoms with E-state index in [4.69, 9.17) is 4.74 Å². The zero-order valence-corrected chi connectivity index (χ0v) is 15.4. The maximum atomic E-state index is 11.8. The van der Waals surface area contributed by atoms with Crippen molar-refractivity contribution in [1.29, 1.82) is 0 Å². The van der Waals surface area contributed by atoms with Crippen molar-refractivity contribution in [2.45, 2.75) is 109 Å². The number of unbranched alkanes of at least 4 members (excludes halogenated alkanes) is 3. The third-order valence-corrected chi connectivity index (χ3v) is 6.05. The second-order valence-corrected chi connectivity index (χ2v) is 7.67. The molecule has 1 aliphatic carbocycles. The molecule has 1 saturated carbocycles. The Bertz CT molecular complexity index is 358. The SMILES string of the molecule is CCCCCCC1CCC2CCCCC2(CCC(=O)OCC)N1. The minimum Gasteiger partial charge on any atom is -0.466 e. The van der Waals surface area contributed by atoms with Gasteiger partial charge in [-0.25, -0.2) is 0 Å². The Morgan fingerprint density at radius 1 is 1.13 bits per heavy atom. The highest BCUT2D eigenvalue weighted by atomic mass is 16.5. The van der Waals surface area contributed by atoms with Crippen LogP contribution >= 0.6 is 0 Å². The van der Waals surface area contributed by atoms with Crippen molar-refractivity contribution >= 4 is 5.97 Å². The van der Waals surface area contributed by atoms with Crippen molar-refractivity contribution < 1.29 is 9.53 Å². The fourth-order valence-corrected chi connectivity index (χ4v) is 4.80. The molecule has 3 nitrogen and oxygen atoms in total. The number of fused-ring (bicyclic) bond motifs is 1. The Hall–Kier alpha value is -0.570. The highest BCUT2D eigenvalue weighted by molar-refractivity contribution is 5.69. The van der Waals surface area contributed by atoms with Crippen molar-refractivity contribution in [2.24, 2.45) is 5.92 Å². The lowest BCUT2D eigenvalue weighted by atomic mass is 9.65. The molecule has 3 unspecified atom stereocenters. The third kappa shape index (κ3) is 5.48. The van der Waals surface area contributed by atoms with Gasteiger partial charge < -0.3 is 10.1 Å². The van der Waals surface area contributed by atoms with E-state index >= 15 is 0 Å². The van der Waals surface area contributed by atoms with Gasteiger partial charge in [0.05, 0.1) is 6.61 Å². The number of carbonyl (C=O) groups excluding carboxylic acids is 1. The number of piperidine rings is 1. The standard InChI is InChI=1S/C20H37NO2/c1-3-5-6-7-11-18-13-12-17-10-8-9-15-20(17,21-18)16-14-19(22)23-4-2/h17-18,21H,3-16H2,1-2H3. The monoisotopic (exact) mass is 323 g/mol. The van der Waals surface area contributed by atoms with E-state index in [0.29, 0.717) is 19.1 Å². The van der Waals surface area contributed by atoms with Gasteiger partial charge in [0.2, 0.25) is 0 Å². The quantitative estimate of drug-likeness (QED) is 0.480. The molecule has 2 rings (SSSR count). The van der Waals surface area contributed by atoms with Crippen LogP contribution in [0.5, 0.6) is 0 Å². The number of rotatable bonds is 9. The summed E-state index contributed by atoms with van der Waals surface area (Å²) in [6.07, 6.45) is 16.2. The first kappa shape index (κ1) is 18.8. The van der Waals surface area contributed by atoms with E-state index in [-0.39, 0.29) is 11.5 Å². The van der Waals surface area contributed by atoms with Crippen molar-refractivity contribution in [2.75, 3.05) is 6.61 Å². The topological polar surface area (TPSA) is 38.3 Å². The molecule has 134 valence electrons. The summed E-state index contributed by atoms with van der Waals surface area (Å²) in [6.45, 7) is 4.67. The summed E-state index contributed by atoms with van der Waals surface area (Å²) in [4.78, 5) is 11.8. The minimum absolute atomic E-state index is 0.0157. The van der Waals surface area contributed by atoms with E-state index in [1.807, 2.05) is 6.92 Å². The van der Waals surface area contributed by atoms with Crippen molar-refractivity contribution in [3.05, 3.63) is 0 Å². The Balaban J connectivity index is 1.88. The van der Waals surface area contributed by atoms with Gasteiger partial charge in [0.1, 0.15) is 0 Å². The van der Waals surface area contributed by atoms with E-state index in [1.165, 1.54) is 70.6 Å². The van der Waals surface area contributed by atoms with Crippen LogP contribution < -0.4 is 5.32 Å². The van der Waals surface area contributed by atoms with Gasteiger partial charge in [-0.05, 0) is 51.4 Å². The summed E-state index contributed by atoms with van der Waals surface area (Å²) in [5.74, 6) is 0.760. The minimum atomic E-state index is -0.0157. The first-order chi connectivity index (χ1) is 11.2. The van der Waals surface area contributed by atoms with E-state index in [2.05, 4.69) is 12.2 Å². The van der Waals surface area contributed by atoms with Gasteiger partial charge in [-0.3, -0.25) is 4.79 Å². The van der Waals surface area contributed by atoms with Crippen molar-refractivity contribution in [1.82, 2.24) is 5.32 Å².